The van der Waals surface area contributed by atoms with Crippen LogP contribution in [0.15, 0.2) is 12.2 Å². The SMILES string of the molecule is COC(C)OC1C2C=CC(C2)C1OC(C)OC. The van der Waals surface area contributed by atoms with Crippen LogP contribution in [-0.4, -0.2) is 39.0 Å². The van der Waals surface area contributed by atoms with Crippen LogP contribution in [0.5, 0.6) is 0 Å². The average Bonchev–Trinajstić information content (AvgIpc) is 2.91. The predicted molar refractivity (Wildman–Crippen MR) is 63.4 cm³/mol. The summed E-state index contributed by atoms with van der Waals surface area (Å²) in [5, 5.41) is 0. The smallest absolute Gasteiger partial charge is 0.154 e. The molecule has 1 saturated carbocycles. The van der Waals surface area contributed by atoms with Crippen molar-refractivity contribution in [2.45, 2.75) is 45.1 Å². The first-order valence-corrected chi connectivity index (χ1v) is 6.20. The van der Waals surface area contributed by atoms with Crippen LogP contribution in [-0.2, 0) is 18.9 Å². The molecule has 98 valence electrons. The van der Waals surface area contributed by atoms with Crippen molar-refractivity contribution in [3.8, 4) is 0 Å². The van der Waals surface area contributed by atoms with Gasteiger partial charge in [0.1, 0.15) is 0 Å². The Bertz CT molecular complexity index is 253. The maximum Gasteiger partial charge on any atom is 0.154 e. The van der Waals surface area contributed by atoms with Crippen LogP contribution in [0.4, 0.5) is 0 Å². The van der Waals surface area contributed by atoms with E-state index in [1.807, 2.05) is 13.8 Å². The fourth-order valence-corrected chi connectivity index (χ4v) is 2.64. The molecule has 2 aliphatic carbocycles. The van der Waals surface area contributed by atoms with E-state index in [0.717, 1.165) is 6.42 Å². The highest BCUT2D eigenvalue weighted by Crippen LogP contribution is 2.43. The molecule has 0 aromatic rings. The molecule has 1 fully saturated rings. The molecule has 2 bridgehead atoms. The Kier molecular flexibility index (Phi) is 4.20. The number of fused-ring (bicyclic) bond motifs is 2. The van der Waals surface area contributed by atoms with Gasteiger partial charge in [0.15, 0.2) is 12.6 Å². The van der Waals surface area contributed by atoms with Crippen LogP contribution >= 0.6 is 0 Å². The summed E-state index contributed by atoms with van der Waals surface area (Å²) >= 11 is 0. The molecular weight excluding hydrogens is 220 g/mol. The fraction of sp³-hybridized carbons (Fsp3) is 0.846. The lowest BCUT2D eigenvalue weighted by Crippen LogP contribution is -2.39. The molecule has 0 radical (unpaired) electrons. The third-order valence-electron chi connectivity index (χ3n) is 3.68. The molecule has 0 aromatic heterocycles. The minimum atomic E-state index is -0.197. The summed E-state index contributed by atoms with van der Waals surface area (Å²) in [4.78, 5) is 0. The topological polar surface area (TPSA) is 36.9 Å². The molecule has 0 aromatic carbocycles. The molecule has 4 nitrogen and oxygen atoms in total. The van der Waals surface area contributed by atoms with E-state index >= 15 is 0 Å². The Hall–Kier alpha value is -0.420. The summed E-state index contributed by atoms with van der Waals surface area (Å²) in [6.07, 6.45) is 5.34. The van der Waals surface area contributed by atoms with Crippen molar-refractivity contribution in [3.63, 3.8) is 0 Å². The van der Waals surface area contributed by atoms with E-state index in [9.17, 15) is 0 Å². The molecule has 17 heavy (non-hydrogen) atoms. The first kappa shape index (κ1) is 13.0. The lowest BCUT2D eigenvalue weighted by atomic mass is 10.0. The van der Waals surface area contributed by atoms with Crippen molar-refractivity contribution in [2.75, 3.05) is 14.2 Å². The molecule has 4 heteroatoms. The maximum atomic E-state index is 5.90. The fourth-order valence-electron chi connectivity index (χ4n) is 2.64. The van der Waals surface area contributed by atoms with Gasteiger partial charge in [-0.2, -0.15) is 0 Å². The molecule has 0 aliphatic heterocycles. The van der Waals surface area contributed by atoms with Crippen LogP contribution in [0.3, 0.4) is 0 Å². The Morgan fingerprint density at radius 3 is 1.65 bits per heavy atom. The van der Waals surface area contributed by atoms with Crippen LogP contribution in [0.2, 0.25) is 0 Å². The zero-order chi connectivity index (χ0) is 12.4. The maximum absolute atomic E-state index is 5.90. The Morgan fingerprint density at radius 1 is 0.882 bits per heavy atom. The van der Waals surface area contributed by atoms with Crippen LogP contribution in [0.25, 0.3) is 0 Å². The third kappa shape index (κ3) is 2.71. The standard InChI is InChI=1S/C13H22O4/c1-8(14-3)16-12-10-5-6-11(7-10)13(12)17-9(2)15-4/h5-6,8-13H,7H2,1-4H3. The van der Waals surface area contributed by atoms with Gasteiger partial charge >= 0.3 is 0 Å². The van der Waals surface area contributed by atoms with Gasteiger partial charge in [-0.3, -0.25) is 0 Å². The lowest BCUT2D eigenvalue weighted by molar-refractivity contribution is -0.218. The molecule has 0 amide bonds. The quantitative estimate of drug-likeness (QED) is 0.527. The first-order valence-electron chi connectivity index (χ1n) is 6.20. The summed E-state index contributed by atoms with van der Waals surface area (Å²) in [5.41, 5.74) is 0. The highest BCUT2D eigenvalue weighted by atomic mass is 16.7. The summed E-state index contributed by atoms with van der Waals surface area (Å²) in [6, 6.07) is 0. The van der Waals surface area contributed by atoms with Gasteiger partial charge in [0.25, 0.3) is 0 Å². The normalized spacial score (nSPS) is 38.6. The second kappa shape index (κ2) is 5.48. The van der Waals surface area contributed by atoms with Crippen LogP contribution < -0.4 is 0 Å². The summed E-state index contributed by atoms with van der Waals surface area (Å²) in [7, 11) is 3.31. The van der Waals surface area contributed by atoms with Crippen molar-refractivity contribution in [1.82, 2.24) is 0 Å². The molecule has 6 atom stereocenters. The van der Waals surface area contributed by atoms with E-state index in [4.69, 9.17) is 18.9 Å². The highest BCUT2D eigenvalue weighted by Gasteiger charge is 2.47. The summed E-state index contributed by atoms with van der Waals surface area (Å²) in [5.74, 6) is 0.901. The van der Waals surface area contributed by atoms with E-state index in [1.165, 1.54) is 0 Å². The minimum absolute atomic E-state index is 0.0811. The van der Waals surface area contributed by atoms with Gasteiger partial charge < -0.3 is 18.9 Å². The van der Waals surface area contributed by atoms with E-state index < -0.39 is 0 Å². The zero-order valence-corrected chi connectivity index (χ0v) is 11.0. The van der Waals surface area contributed by atoms with Crippen molar-refractivity contribution in [1.29, 1.82) is 0 Å². The molecule has 0 heterocycles. The average molecular weight is 242 g/mol. The number of hydrogen-bond donors (Lipinski definition) is 0. The molecule has 0 saturated heterocycles. The van der Waals surface area contributed by atoms with Gasteiger partial charge in [0.2, 0.25) is 0 Å². The largest absolute Gasteiger partial charge is 0.356 e. The predicted octanol–water partition coefficient (Wildman–Crippen LogP) is 1.95. The Labute approximate surface area is 103 Å². The summed E-state index contributed by atoms with van der Waals surface area (Å²) < 4.78 is 22.1. The second-order valence-corrected chi connectivity index (χ2v) is 4.76. The van der Waals surface area contributed by atoms with Gasteiger partial charge in [-0.15, -0.1) is 0 Å². The second-order valence-electron chi connectivity index (χ2n) is 4.76. The van der Waals surface area contributed by atoms with Crippen LogP contribution in [0.1, 0.15) is 20.3 Å². The Balaban J connectivity index is 1.99. The van der Waals surface area contributed by atoms with E-state index in [2.05, 4.69) is 12.2 Å². The van der Waals surface area contributed by atoms with Gasteiger partial charge in [-0.1, -0.05) is 12.2 Å². The Morgan fingerprint density at radius 2 is 1.29 bits per heavy atom. The zero-order valence-electron chi connectivity index (χ0n) is 11.0. The molecule has 6 unspecified atom stereocenters. The third-order valence-corrected chi connectivity index (χ3v) is 3.68. The van der Waals surface area contributed by atoms with Crippen molar-refractivity contribution >= 4 is 0 Å². The van der Waals surface area contributed by atoms with E-state index in [-0.39, 0.29) is 24.8 Å². The molecule has 0 spiro atoms. The van der Waals surface area contributed by atoms with Gasteiger partial charge in [-0.25, -0.2) is 0 Å². The highest BCUT2D eigenvalue weighted by molar-refractivity contribution is 5.15. The van der Waals surface area contributed by atoms with E-state index in [0.29, 0.717) is 11.8 Å². The number of ether oxygens (including phenoxy) is 4. The van der Waals surface area contributed by atoms with Crippen molar-refractivity contribution < 1.29 is 18.9 Å². The van der Waals surface area contributed by atoms with Crippen molar-refractivity contribution in [3.05, 3.63) is 12.2 Å². The van der Waals surface area contributed by atoms with Gasteiger partial charge in [0, 0.05) is 26.1 Å². The molecular formula is C13H22O4. The number of rotatable bonds is 6. The van der Waals surface area contributed by atoms with Gasteiger partial charge in [-0.05, 0) is 20.3 Å². The number of hydrogen-bond acceptors (Lipinski definition) is 4. The summed E-state index contributed by atoms with van der Waals surface area (Å²) in [6.45, 7) is 3.82. The number of methoxy groups -OCH3 is 2. The van der Waals surface area contributed by atoms with Crippen LogP contribution in [0, 0.1) is 11.8 Å². The van der Waals surface area contributed by atoms with Crippen molar-refractivity contribution in [2.24, 2.45) is 11.8 Å². The minimum Gasteiger partial charge on any atom is -0.356 e. The first-order chi connectivity index (χ1) is 8.15. The van der Waals surface area contributed by atoms with Gasteiger partial charge in [0.05, 0.1) is 12.2 Å². The lowest BCUT2D eigenvalue weighted by Gasteiger charge is -2.31. The van der Waals surface area contributed by atoms with E-state index in [1.54, 1.807) is 14.2 Å². The molecule has 0 N–H and O–H groups in total. The monoisotopic (exact) mass is 242 g/mol. The molecule has 2 rings (SSSR count). The molecule has 2 aliphatic rings.